The average molecular weight is 424 g/mol. The summed E-state index contributed by atoms with van der Waals surface area (Å²) < 4.78 is 24.4. The number of imide groups is 2. The SMILES string of the molecule is CCOc1ccccc1N1C(=O)C(=O)N(Cc2nc(-c3ccc(C)c(F)c3)no2)C1=O. The summed E-state index contributed by atoms with van der Waals surface area (Å²) in [5.41, 5.74) is 1.00. The van der Waals surface area contributed by atoms with Gasteiger partial charge in [-0.2, -0.15) is 4.98 Å². The third kappa shape index (κ3) is 3.63. The lowest BCUT2D eigenvalue weighted by atomic mass is 10.1. The van der Waals surface area contributed by atoms with Gasteiger partial charge in [0.15, 0.2) is 0 Å². The van der Waals surface area contributed by atoms with Crippen LogP contribution in [0, 0.1) is 12.7 Å². The van der Waals surface area contributed by atoms with Gasteiger partial charge in [0.25, 0.3) is 0 Å². The first-order valence-electron chi connectivity index (χ1n) is 9.41. The quantitative estimate of drug-likeness (QED) is 0.442. The Kier molecular flexibility index (Phi) is 5.20. The Morgan fingerprint density at radius 3 is 2.61 bits per heavy atom. The van der Waals surface area contributed by atoms with E-state index in [-0.39, 0.29) is 17.4 Å². The van der Waals surface area contributed by atoms with E-state index in [0.29, 0.717) is 28.4 Å². The molecule has 1 aliphatic heterocycles. The smallest absolute Gasteiger partial charge is 0.339 e. The molecule has 1 aromatic heterocycles. The minimum atomic E-state index is -1.03. The molecule has 0 unspecified atom stereocenters. The summed E-state index contributed by atoms with van der Waals surface area (Å²) >= 11 is 0. The van der Waals surface area contributed by atoms with Crippen LogP contribution in [-0.4, -0.2) is 39.5 Å². The van der Waals surface area contributed by atoms with Crippen molar-refractivity contribution in [2.45, 2.75) is 20.4 Å². The van der Waals surface area contributed by atoms with E-state index in [1.807, 2.05) is 0 Å². The van der Waals surface area contributed by atoms with Crippen LogP contribution in [0.4, 0.5) is 14.9 Å². The van der Waals surface area contributed by atoms with Crippen molar-refractivity contribution >= 4 is 23.5 Å². The molecule has 0 saturated carbocycles. The number of aryl methyl sites for hydroxylation is 1. The molecule has 1 saturated heterocycles. The predicted octanol–water partition coefficient (Wildman–Crippen LogP) is 3.08. The highest BCUT2D eigenvalue weighted by Gasteiger charge is 2.47. The lowest BCUT2D eigenvalue weighted by molar-refractivity contribution is -0.139. The van der Waals surface area contributed by atoms with Crippen LogP contribution in [0.3, 0.4) is 0 Å². The molecule has 9 nitrogen and oxygen atoms in total. The lowest BCUT2D eigenvalue weighted by Crippen LogP contribution is -2.33. The van der Waals surface area contributed by atoms with E-state index in [2.05, 4.69) is 10.1 Å². The van der Waals surface area contributed by atoms with Crippen LogP contribution in [0.25, 0.3) is 11.4 Å². The molecule has 158 valence electrons. The third-order valence-corrected chi connectivity index (χ3v) is 4.65. The van der Waals surface area contributed by atoms with E-state index in [9.17, 15) is 18.8 Å². The number of ether oxygens (including phenoxy) is 1. The maximum atomic E-state index is 13.8. The average Bonchev–Trinajstić information content (AvgIpc) is 3.30. The fourth-order valence-electron chi connectivity index (χ4n) is 3.08. The fourth-order valence-corrected chi connectivity index (χ4v) is 3.08. The van der Waals surface area contributed by atoms with Gasteiger partial charge in [0.2, 0.25) is 11.7 Å². The normalized spacial score (nSPS) is 14.0. The summed E-state index contributed by atoms with van der Waals surface area (Å²) in [7, 11) is 0. The Balaban J connectivity index is 1.58. The number of para-hydroxylation sites is 2. The van der Waals surface area contributed by atoms with Gasteiger partial charge in [-0.15, -0.1) is 0 Å². The second kappa shape index (κ2) is 7.98. The molecule has 0 radical (unpaired) electrons. The van der Waals surface area contributed by atoms with Crippen LogP contribution in [0.2, 0.25) is 0 Å². The van der Waals surface area contributed by atoms with Crippen molar-refractivity contribution in [2.24, 2.45) is 0 Å². The van der Waals surface area contributed by atoms with E-state index in [1.165, 1.54) is 12.1 Å². The number of rotatable bonds is 6. The molecule has 0 atom stereocenters. The van der Waals surface area contributed by atoms with Crippen LogP contribution in [0.1, 0.15) is 18.4 Å². The Morgan fingerprint density at radius 1 is 1.10 bits per heavy atom. The number of carbonyl (C=O) groups is 3. The first-order chi connectivity index (χ1) is 14.9. The van der Waals surface area contributed by atoms with Crippen molar-refractivity contribution in [3.05, 3.63) is 59.7 Å². The molecular weight excluding hydrogens is 407 g/mol. The number of hydrogen-bond donors (Lipinski definition) is 0. The highest BCUT2D eigenvalue weighted by atomic mass is 19.1. The summed E-state index contributed by atoms with van der Waals surface area (Å²) in [5.74, 6) is -2.16. The Hall–Kier alpha value is -4.08. The van der Waals surface area contributed by atoms with Gasteiger partial charge < -0.3 is 9.26 Å². The number of carbonyl (C=O) groups excluding carboxylic acids is 3. The fraction of sp³-hybridized carbons (Fsp3) is 0.190. The number of hydrogen-bond acceptors (Lipinski definition) is 7. The van der Waals surface area contributed by atoms with Crippen LogP contribution in [0.15, 0.2) is 47.0 Å². The Labute approximate surface area is 176 Å². The standard InChI is InChI=1S/C21H17FN4O5/c1-3-30-16-7-5-4-6-15(16)26-20(28)19(27)25(21(26)29)11-17-23-18(24-31-17)13-9-8-12(2)14(22)10-13/h4-10H,3,11H2,1-2H3. The van der Waals surface area contributed by atoms with Crippen LogP contribution < -0.4 is 9.64 Å². The maximum Gasteiger partial charge on any atom is 0.339 e. The molecular formula is C21H17FN4O5. The largest absolute Gasteiger partial charge is 0.492 e. The highest BCUT2D eigenvalue weighted by Crippen LogP contribution is 2.32. The second-order valence-corrected chi connectivity index (χ2v) is 6.69. The number of nitrogens with zero attached hydrogens (tertiary/aromatic N) is 4. The van der Waals surface area contributed by atoms with E-state index < -0.39 is 30.2 Å². The van der Waals surface area contributed by atoms with Crippen molar-refractivity contribution in [1.29, 1.82) is 0 Å². The van der Waals surface area contributed by atoms with E-state index in [1.54, 1.807) is 44.2 Å². The van der Waals surface area contributed by atoms with Gasteiger partial charge in [-0.1, -0.05) is 29.4 Å². The maximum absolute atomic E-state index is 13.8. The van der Waals surface area contributed by atoms with Crippen LogP contribution in [-0.2, 0) is 16.1 Å². The zero-order valence-electron chi connectivity index (χ0n) is 16.7. The van der Waals surface area contributed by atoms with E-state index in [4.69, 9.17) is 9.26 Å². The van der Waals surface area contributed by atoms with Crippen molar-refractivity contribution in [1.82, 2.24) is 15.0 Å². The summed E-state index contributed by atoms with van der Waals surface area (Å²) in [6.45, 7) is 3.29. The van der Waals surface area contributed by atoms with Crippen molar-refractivity contribution in [3.8, 4) is 17.1 Å². The first kappa shape index (κ1) is 20.2. The third-order valence-electron chi connectivity index (χ3n) is 4.65. The minimum Gasteiger partial charge on any atom is -0.492 e. The molecule has 4 amide bonds. The highest BCUT2D eigenvalue weighted by molar-refractivity contribution is 6.52. The lowest BCUT2D eigenvalue weighted by Gasteiger charge is -2.17. The number of halogens is 1. The molecule has 10 heteroatoms. The van der Waals surface area contributed by atoms with Gasteiger partial charge in [-0.05, 0) is 37.6 Å². The number of urea groups is 1. The van der Waals surface area contributed by atoms with E-state index >= 15 is 0 Å². The predicted molar refractivity (Wildman–Crippen MR) is 105 cm³/mol. The number of amides is 4. The van der Waals surface area contributed by atoms with Crippen LogP contribution in [0.5, 0.6) is 5.75 Å². The van der Waals surface area contributed by atoms with Gasteiger partial charge in [0, 0.05) is 5.56 Å². The molecule has 1 fully saturated rings. The molecule has 4 rings (SSSR count). The minimum absolute atomic E-state index is 0.0783. The van der Waals surface area contributed by atoms with Crippen molar-refractivity contribution < 1.29 is 28.0 Å². The van der Waals surface area contributed by atoms with Gasteiger partial charge in [-0.25, -0.2) is 19.0 Å². The summed E-state index contributed by atoms with van der Waals surface area (Å²) in [5, 5.41) is 3.76. The zero-order valence-corrected chi connectivity index (χ0v) is 16.7. The van der Waals surface area contributed by atoms with Gasteiger partial charge in [0.05, 0.1) is 12.3 Å². The number of benzene rings is 2. The number of aromatic nitrogens is 2. The molecule has 1 aliphatic rings. The topological polar surface area (TPSA) is 106 Å². The Morgan fingerprint density at radius 2 is 1.87 bits per heavy atom. The molecule has 0 N–H and O–H groups in total. The second-order valence-electron chi connectivity index (χ2n) is 6.69. The molecule has 2 aromatic carbocycles. The number of anilines is 1. The van der Waals surface area contributed by atoms with Crippen molar-refractivity contribution in [2.75, 3.05) is 11.5 Å². The Bertz CT molecular complexity index is 1190. The molecule has 3 aromatic rings. The van der Waals surface area contributed by atoms with Crippen molar-refractivity contribution in [3.63, 3.8) is 0 Å². The van der Waals surface area contributed by atoms with Gasteiger partial charge in [-0.3, -0.25) is 9.59 Å². The summed E-state index contributed by atoms with van der Waals surface area (Å²) in [6.07, 6.45) is 0. The molecule has 0 aliphatic carbocycles. The van der Waals surface area contributed by atoms with Gasteiger partial charge >= 0.3 is 17.8 Å². The molecule has 31 heavy (non-hydrogen) atoms. The zero-order chi connectivity index (χ0) is 22.1. The van der Waals surface area contributed by atoms with Gasteiger partial charge in [0.1, 0.15) is 18.1 Å². The van der Waals surface area contributed by atoms with Crippen LogP contribution >= 0.6 is 0 Å². The van der Waals surface area contributed by atoms with E-state index in [0.717, 1.165) is 4.90 Å². The first-order valence-corrected chi connectivity index (χ1v) is 9.41. The molecule has 0 spiro atoms. The molecule has 2 heterocycles. The molecule has 0 bridgehead atoms. The summed E-state index contributed by atoms with van der Waals surface area (Å²) in [6, 6.07) is 10.0. The summed E-state index contributed by atoms with van der Waals surface area (Å²) in [4.78, 5) is 43.4. The monoisotopic (exact) mass is 424 g/mol.